The zero-order chi connectivity index (χ0) is 20.7. The van der Waals surface area contributed by atoms with E-state index in [1.54, 1.807) is 0 Å². The van der Waals surface area contributed by atoms with Crippen LogP contribution in [0.5, 0.6) is 0 Å². The highest BCUT2D eigenvalue weighted by Crippen LogP contribution is 2.12. The summed E-state index contributed by atoms with van der Waals surface area (Å²) in [7, 11) is 0. The molecule has 0 bridgehead atoms. The summed E-state index contributed by atoms with van der Waals surface area (Å²) in [6.07, 6.45) is 0. The fraction of sp³-hybridized carbons (Fsp3) is 0. The van der Waals surface area contributed by atoms with Gasteiger partial charge >= 0.3 is 29.8 Å². The molecule has 0 saturated carbocycles. The summed E-state index contributed by atoms with van der Waals surface area (Å²) >= 11 is 0. The molecule has 140 valence electrons. The number of hydrogen-bond donors (Lipinski definition) is 5. The maximum atomic E-state index is 10.6. The summed E-state index contributed by atoms with van der Waals surface area (Å²) in [6.45, 7) is 0. The zero-order valence-corrected chi connectivity index (χ0v) is 13.3. The number of carboxylic acids is 5. The first-order chi connectivity index (χ1) is 12.5. The van der Waals surface area contributed by atoms with Gasteiger partial charge in [-0.1, -0.05) is 6.07 Å². The molecular formula is C17H12O10. The van der Waals surface area contributed by atoms with Crippen LogP contribution >= 0.6 is 0 Å². The van der Waals surface area contributed by atoms with Crippen molar-refractivity contribution in [3.05, 3.63) is 70.3 Å². The molecule has 0 spiro atoms. The van der Waals surface area contributed by atoms with Crippen molar-refractivity contribution >= 4 is 29.8 Å². The molecule has 0 heterocycles. The Bertz CT molecular complexity index is 900. The Kier molecular flexibility index (Phi) is 6.76. The van der Waals surface area contributed by atoms with E-state index in [-0.39, 0.29) is 16.7 Å². The summed E-state index contributed by atoms with van der Waals surface area (Å²) in [5, 5.41) is 42.9. The van der Waals surface area contributed by atoms with Crippen LogP contribution in [0.3, 0.4) is 0 Å². The monoisotopic (exact) mass is 376 g/mol. The average Bonchev–Trinajstić information content (AvgIpc) is 2.61. The molecule has 0 fully saturated rings. The van der Waals surface area contributed by atoms with E-state index < -0.39 is 41.0 Å². The molecule has 0 amide bonds. The molecule has 27 heavy (non-hydrogen) atoms. The number of carbonyl (C=O) groups is 5. The van der Waals surface area contributed by atoms with Crippen LogP contribution in [0, 0.1) is 0 Å². The Labute approximate surface area is 150 Å². The van der Waals surface area contributed by atoms with Crippen molar-refractivity contribution < 1.29 is 49.5 Å². The Balaban J connectivity index is 0.000000277. The Morgan fingerprint density at radius 1 is 0.481 bits per heavy atom. The lowest BCUT2D eigenvalue weighted by atomic mass is 10.0. The van der Waals surface area contributed by atoms with Crippen molar-refractivity contribution in [2.24, 2.45) is 0 Å². The van der Waals surface area contributed by atoms with Crippen LogP contribution in [0.25, 0.3) is 0 Å². The minimum atomic E-state index is -1.48. The second kappa shape index (κ2) is 8.76. The zero-order valence-electron chi connectivity index (χ0n) is 13.3. The van der Waals surface area contributed by atoms with E-state index >= 15 is 0 Å². The average molecular weight is 376 g/mol. The van der Waals surface area contributed by atoms with Gasteiger partial charge in [0, 0.05) is 0 Å². The molecule has 2 rings (SSSR count). The predicted molar refractivity (Wildman–Crippen MR) is 87.7 cm³/mol. The standard InChI is InChI=1S/C9H6O6.C8H6O4/c10-7(11)4-1-2-5(8(12)13)6(3-4)9(14)15;9-7(10)5-2-1-3-6(4-5)8(11)12/h1-3H,(H,10,11)(H,12,13)(H,14,15);1-4H,(H,9,10)(H,11,12). The molecule has 0 aliphatic carbocycles. The molecule has 0 atom stereocenters. The molecule has 5 N–H and O–H groups in total. The Hall–Kier alpha value is -4.21. The van der Waals surface area contributed by atoms with Gasteiger partial charge in [0.05, 0.1) is 27.8 Å². The van der Waals surface area contributed by atoms with E-state index in [0.717, 1.165) is 24.3 Å². The second-order valence-electron chi connectivity index (χ2n) is 4.87. The summed E-state index contributed by atoms with van der Waals surface area (Å²) in [6, 6.07) is 8.00. The summed E-state index contributed by atoms with van der Waals surface area (Å²) in [5.41, 5.74) is -1.28. The van der Waals surface area contributed by atoms with Crippen LogP contribution in [-0.2, 0) is 0 Å². The number of hydrogen-bond acceptors (Lipinski definition) is 5. The van der Waals surface area contributed by atoms with Crippen LogP contribution in [0.2, 0.25) is 0 Å². The first-order valence-corrected chi connectivity index (χ1v) is 6.95. The molecule has 0 aliphatic rings. The lowest BCUT2D eigenvalue weighted by molar-refractivity contribution is 0.0649. The van der Waals surface area contributed by atoms with Crippen LogP contribution in [-0.4, -0.2) is 55.4 Å². The normalized spacial score (nSPS) is 9.48. The van der Waals surface area contributed by atoms with Crippen molar-refractivity contribution in [1.82, 2.24) is 0 Å². The third kappa shape index (κ3) is 5.67. The van der Waals surface area contributed by atoms with Gasteiger partial charge in [-0.2, -0.15) is 0 Å². The van der Waals surface area contributed by atoms with Gasteiger partial charge in [0.15, 0.2) is 0 Å². The smallest absolute Gasteiger partial charge is 0.336 e. The largest absolute Gasteiger partial charge is 0.478 e. The third-order valence-corrected chi connectivity index (χ3v) is 3.08. The topological polar surface area (TPSA) is 186 Å². The van der Waals surface area contributed by atoms with E-state index in [4.69, 9.17) is 25.5 Å². The number of rotatable bonds is 5. The van der Waals surface area contributed by atoms with E-state index in [1.807, 2.05) is 0 Å². The fourth-order valence-corrected chi connectivity index (χ4v) is 1.83. The van der Waals surface area contributed by atoms with Crippen molar-refractivity contribution in [3.63, 3.8) is 0 Å². The van der Waals surface area contributed by atoms with Crippen LogP contribution in [0.4, 0.5) is 0 Å². The van der Waals surface area contributed by atoms with Gasteiger partial charge in [0.2, 0.25) is 0 Å². The van der Waals surface area contributed by atoms with Crippen molar-refractivity contribution in [2.45, 2.75) is 0 Å². The summed E-state index contributed by atoms with van der Waals surface area (Å²) in [5.74, 6) is -6.45. The fourth-order valence-electron chi connectivity index (χ4n) is 1.83. The van der Waals surface area contributed by atoms with E-state index in [9.17, 15) is 24.0 Å². The number of benzene rings is 2. The van der Waals surface area contributed by atoms with E-state index in [1.165, 1.54) is 18.2 Å². The lowest BCUT2D eigenvalue weighted by Crippen LogP contribution is -2.10. The van der Waals surface area contributed by atoms with Gasteiger partial charge in [-0.25, -0.2) is 24.0 Å². The highest BCUT2D eigenvalue weighted by atomic mass is 16.4. The molecule has 2 aromatic rings. The van der Waals surface area contributed by atoms with Crippen molar-refractivity contribution in [2.75, 3.05) is 0 Å². The maximum absolute atomic E-state index is 10.6. The van der Waals surface area contributed by atoms with Gasteiger partial charge in [0.25, 0.3) is 0 Å². The number of aromatic carboxylic acids is 5. The number of carboxylic acid groups (broad SMARTS) is 5. The highest BCUT2D eigenvalue weighted by Gasteiger charge is 2.17. The molecule has 10 nitrogen and oxygen atoms in total. The molecule has 2 aromatic carbocycles. The minimum Gasteiger partial charge on any atom is -0.478 e. The quantitative estimate of drug-likeness (QED) is 0.515. The molecule has 10 heteroatoms. The lowest BCUT2D eigenvalue weighted by Gasteiger charge is -2.02. The van der Waals surface area contributed by atoms with Gasteiger partial charge < -0.3 is 25.5 Å². The molecule has 0 saturated heterocycles. The molecule has 0 radical (unpaired) electrons. The van der Waals surface area contributed by atoms with Gasteiger partial charge in [-0.05, 0) is 36.4 Å². The summed E-state index contributed by atoms with van der Waals surface area (Å²) in [4.78, 5) is 52.5. The Morgan fingerprint density at radius 3 is 1.26 bits per heavy atom. The Morgan fingerprint density at radius 2 is 0.889 bits per heavy atom. The molecular weight excluding hydrogens is 364 g/mol. The van der Waals surface area contributed by atoms with Gasteiger partial charge in [-0.15, -0.1) is 0 Å². The van der Waals surface area contributed by atoms with Crippen LogP contribution in [0.15, 0.2) is 42.5 Å². The molecule has 0 unspecified atom stereocenters. The van der Waals surface area contributed by atoms with Gasteiger partial charge in [0.1, 0.15) is 0 Å². The minimum absolute atomic E-state index is 0.0186. The third-order valence-electron chi connectivity index (χ3n) is 3.08. The predicted octanol–water partition coefficient (Wildman–Crippen LogP) is 1.86. The molecule has 0 aromatic heterocycles. The van der Waals surface area contributed by atoms with Gasteiger partial charge in [-0.3, -0.25) is 0 Å². The molecule has 0 aliphatic heterocycles. The van der Waals surface area contributed by atoms with E-state index in [0.29, 0.717) is 0 Å². The summed E-state index contributed by atoms with van der Waals surface area (Å²) < 4.78 is 0. The highest BCUT2D eigenvalue weighted by molar-refractivity contribution is 6.03. The van der Waals surface area contributed by atoms with Crippen LogP contribution < -0.4 is 0 Å². The maximum Gasteiger partial charge on any atom is 0.336 e. The van der Waals surface area contributed by atoms with Crippen molar-refractivity contribution in [1.29, 1.82) is 0 Å². The van der Waals surface area contributed by atoms with E-state index in [2.05, 4.69) is 0 Å². The first-order valence-electron chi connectivity index (χ1n) is 6.95. The SMILES string of the molecule is O=C(O)c1ccc(C(=O)O)c(C(=O)O)c1.O=C(O)c1cccc(C(=O)O)c1. The first kappa shape index (κ1) is 20.8. The second-order valence-corrected chi connectivity index (χ2v) is 4.87. The van der Waals surface area contributed by atoms with Crippen LogP contribution in [0.1, 0.15) is 51.8 Å². The van der Waals surface area contributed by atoms with Crippen molar-refractivity contribution in [3.8, 4) is 0 Å².